The van der Waals surface area contributed by atoms with Gasteiger partial charge >= 0.3 is 0 Å². The molecule has 0 radical (unpaired) electrons. The third-order valence-electron chi connectivity index (χ3n) is 3.45. The van der Waals surface area contributed by atoms with E-state index in [1.54, 1.807) is 0 Å². The number of rotatable bonds is 14. The van der Waals surface area contributed by atoms with Crippen molar-refractivity contribution in [1.82, 2.24) is 10.6 Å². The van der Waals surface area contributed by atoms with Crippen LogP contribution in [0.25, 0.3) is 0 Å². The van der Waals surface area contributed by atoms with Crippen LogP contribution in [0, 0.1) is 0 Å². The fraction of sp³-hybridized carbons (Fsp3) is 0.867. The Hall–Kier alpha value is -1.19. The van der Waals surface area contributed by atoms with E-state index >= 15 is 0 Å². The first-order valence-corrected chi connectivity index (χ1v) is 10.0. The first-order valence-electron chi connectivity index (χ1n) is 8.43. The Kier molecular flexibility index (Phi) is 12.5. The lowest BCUT2D eigenvalue weighted by atomic mass is 10.1. The molecule has 0 heterocycles. The van der Waals surface area contributed by atoms with Crippen LogP contribution in [0.4, 0.5) is 0 Å². The maximum atomic E-state index is 11.8. The number of hydrogen-bond donors (Lipinski definition) is 4. The smallest absolute Gasteiger partial charge is 0.267 e. The molecule has 0 rings (SSSR count). The Morgan fingerprint density at radius 3 is 2.17 bits per heavy atom. The topological polar surface area (TPSA) is 133 Å². The number of aliphatic hydroxyl groups excluding tert-OH is 1. The van der Waals surface area contributed by atoms with Crippen molar-refractivity contribution in [3.8, 4) is 0 Å². The standard InChI is InChI=1S/C15H30N2O6S/c1-2-3-4-5-6-7-8-9-14(19)17-13(12-24(21,22)23)15(20)16-10-11-18/h13,18H,2-12H2,1H3,(H,16,20)(H,17,19)(H,21,22,23). The number of aliphatic hydroxyl groups is 1. The molecule has 8 nitrogen and oxygen atoms in total. The summed E-state index contributed by atoms with van der Waals surface area (Å²) in [5.74, 6) is -2.08. The zero-order chi connectivity index (χ0) is 18.4. The van der Waals surface area contributed by atoms with Crippen molar-refractivity contribution < 1.29 is 27.7 Å². The molecule has 0 aliphatic heterocycles. The largest absolute Gasteiger partial charge is 0.395 e. The van der Waals surface area contributed by atoms with E-state index in [9.17, 15) is 18.0 Å². The van der Waals surface area contributed by atoms with E-state index in [1.165, 1.54) is 19.3 Å². The minimum Gasteiger partial charge on any atom is -0.395 e. The molecule has 1 atom stereocenters. The van der Waals surface area contributed by atoms with Crippen LogP contribution in [0.2, 0.25) is 0 Å². The van der Waals surface area contributed by atoms with E-state index in [0.29, 0.717) is 6.42 Å². The summed E-state index contributed by atoms with van der Waals surface area (Å²) in [6.07, 6.45) is 7.50. The molecule has 2 amide bonds. The average molecular weight is 366 g/mol. The Morgan fingerprint density at radius 2 is 1.62 bits per heavy atom. The van der Waals surface area contributed by atoms with Gasteiger partial charge in [0, 0.05) is 13.0 Å². The summed E-state index contributed by atoms with van der Waals surface area (Å²) in [6, 6.07) is -1.37. The summed E-state index contributed by atoms with van der Waals surface area (Å²) in [5, 5.41) is 13.3. The predicted molar refractivity (Wildman–Crippen MR) is 91.1 cm³/mol. The fourth-order valence-corrected chi connectivity index (χ4v) is 2.86. The second kappa shape index (κ2) is 13.1. The number of carbonyl (C=O) groups is 2. The summed E-state index contributed by atoms with van der Waals surface area (Å²) in [6.45, 7) is 1.77. The van der Waals surface area contributed by atoms with E-state index < -0.39 is 33.7 Å². The Bertz CT molecular complexity index is 467. The molecular formula is C15H30N2O6S. The van der Waals surface area contributed by atoms with Gasteiger partial charge in [-0.3, -0.25) is 14.1 Å². The molecule has 0 saturated heterocycles. The second-order valence-corrected chi connectivity index (χ2v) is 7.25. The number of carbonyl (C=O) groups excluding carboxylic acids is 2. The highest BCUT2D eigenvalue weighted by Crippen LogP contribution is 2.08. The van der Waals surface area contributed by atoms with E-state index in [4.69, 9.17) is 9.66 Å². The lowest BCUT2D eigenvalue weighted by molar-refractivity contribution is -0.128. The summed E-state index contributed by atoms with van der Waals surface area (Å²) >= 11 is 0. The number of unbranched alkanes of at least 4 members (excludes halogenated alkanes) is 6. The lowest BCUT2D eigenvalue weighted by Gasteiger charge is -2.17. The molecular weight excluding hydrogens is 336 g/mol. The average Bonchev–Trinajstić information content (AvgIpc) is 2.49. The van der Waals surface area contributed by atoms with Gasteiger partial charge in [0.15, 0.2) is 0 Å². The monoisotopic (exact) mass is 366 g/mol. The van der Waals surface area contributed by atoms with Gasteiger partial charge in [0.1, 0.15) is 11.8 Å². The van der Waals surface area contributed by atoms with Gasteiger partial charge in [-0.15, -0.1) is 0 Å². The van der Waals surface area contributed by atoms with Crippen LogP contribution in [0.1, 0.15) is 58.3 Å². The molecule has 0 spiro atoms. The van der Waals surface area contributed by atoms with E-state index in [0.717, 1.165) is 19.3 Å². The Balaban J connectivity index is 4.21. The van der Waals surface area contributed by atoms with Crippen LogP contribution >= 0.6 is 0 Å². The second-order valence-electron chi connectivity index (χ2n) is 5.75. The molecule has 0 saturated carbocycles. The molecule has 9 heteroatoms. The van der Waals surface area contributed by atoms with Crippen LogP contribution in [-0.2, 0) is 19.7 Å². The van der Waals surface area contributed by atoms with Crippen molar-refractivity contribution >= 4 is 21.9 Å². The summed E-state index contributed by atoms with van der Waals surface area (Å²) in [7, 11) is -4.42. The minimum absolute atomic E-state index is 0.0611. The van der Waals surface area contributed by atoms with Crippen LogP contribution in [0.3, 0.4) is 0 Å². The van der Waals surface area contributed by atoms with E-state index in [-0.39, 0.29) is 19.6 Å². The number of hydrogen-bond acceptors (Lipinski definition) is 5. The normalized spacial score (nSPS) is 12.6. The third kappa shape index (κ3) is 13.3. The van der Waals surface area contributed by atoms with Crippen LogP contribution < -0.4 is 10.6 Å². The van der Waals surface area contributed by atoms with Crippen LogP contribution in [0.15, 0.2) is 0 Å². The summed E-state index contributed by atoms with van der Waals surface area (Å²) in [4.78, 5) is 23.6. The van der Waals surface area contributed by atoms with Gasteiger partial charge in [-0.1, -0.05) is 45.4 Å². The molecule has 142 valence electrons. The molecule has 0 bridgehead atoms. The molecule has 0 aromatic rings. The molecule has 0 aromatic carbocycles. The molecule has 0 fully saturated rings. The molecule has 24 heavy (non-hydrogen) atoms. The SMILES string of the molecule is CCCCCCCCCC(=O)NC(CS(=O)(=O)O)C(=O)NCCO. The molecule has 0 aliphatic carbocycles. The Labute approximate surface area is 144 Å². The highest BCUT2D eigenvalue weighted by atomic mass is 32.2. The van der Waals surface area contributed by atoms with Crippen molar-refractivity contribution in [2.75, 3.05) is 18.9 Å². The lowest BCUT2D eigenvalue weighted by Crippen LogP contribution is -2.50. The van der Waals surface area contributed by atoms with Gasteiger partial charge in [-0.25, -0.2) is 0 Å². The Morgan fingerprint density at radius 1 is 1.04 bits per heavy atom. The van der Waals surface area contributed by atoms with Crippen LogP contribution in [0.5, 0.6) is 0 Å². The van der Waals surface area contributed by atoms with Crippen LogP contribution in [-0.4, -0.2) is 54.8 Å². The highest BCUT2D eigenvalue weighted by Gasteiger charge is 2.25. The van der Waals surface area contributed by atoms with Crippen molar-refractivity contribution in [2.45, 2.75) is 64.3 Å². The summed E-state index contributed by atoms with van der Waals surface area (Å²) < 4.78 is 30.8. The minimum atomic E-state index is -4.42. The summed E-state index contributed by atoms with van der Waals surface area (Å²) in [5.41, 5.74) is 0. The maximum absolute atomic E-state index is 11.8. The van der Waals surface area contributed by atoms with Gasteiger partial charge in [0.25, 0.3) is 10.1 Å². The molecule has 1 unspecified atom stereocenters. The quantitative estimate of drug-likeness (QED) is 0.263. The zero-order valence-corrected chi connectivity index (χ0v) is 15.1. The molecule has 0 aromatic heterocycles. The fourth-order valence-electron chi connectivity index (χ4n) is 2.20. The van der Waals surface area contributed by atoms with E-state index in [2.05, 4.69) is 17.6 Å². The van der Waals surface area contributed by atoms with Gasteiger partial charge in [-0.2, -0.15) is 8.42 Å². The van der Waals surface area contributed by atoms with Gasteiger partial charge < -0.3 is 15.7 Å². The molecule has 4 N–H and O–H groups in total. The predicted octanol–water partition coefficient (Wildman–Crippen LogP) is 0.608. The molecule has 0 aliphatic rings. The van der Waals surface area contributed by atoms with Crippen molar-refractivity contribution in [3.63, 3.8) is 0 Å². The van der Waals surface area contributed by atoms with Crippen molar-refractivity contribution in [1.29, 1.82) is 0 Å². The van der Waals surface area contributed by atoms with Gasteiger partial charge in [0.05, 0.1) is 6.61 Å². The van der Waals surface area contributed by atoms with Gasteiger partial charge in [0.2, 0.25) is 11.8 Å². The third-order valence-corrected chi connectivity index (χ3v) is 4.20. The highest BCUT2D eigenvalue weighted by molar-refractivity contribution is 7.85. The zero-order valence-electron chi connectivity index (χ0n) is 14.3. The number of nitrogens with one attached hydrogen (secondary N) is 2. The van der Waals surface area contributed by atoms with Crippen molar-refractivity contribution in [2.24, 2.45) is 0 Å². The van der Waals surface area contributed by atoms with E-state index in [1.807, 2.05) is 0 Å². The number of amides is 2. The maximum Gasteiger partial charge on any atom is 0.267 e. The van der Waals surface area contributed by atoms with Gasteiger partial charge in [-0.05, 0) is 6.42 Å². The first-order chi connectivity index (χ1) is 11.3. The van der Waals surface area contributed by atoms with Crippen molar-refractivity contribution in [3.05, 3.63) is 0 Å². The first kappa shape index (κ1) is 22.8.